The third-order valence-electron chi connectivity index (χ3n) is 4.53. The Kier molecular flexibility index (Phi) is 11.1. The summed E-state index contributed by atoms with van der Waals surface area (Å²) in [4.78, 5) is 21.8. The Hall–Kier alpha value is -2.96. The first-order valence-electron chi connectivity index (χ1n) is 9.57. The fourth-order valence-corrected chi connectivity index (χ4v) is 2.72. The van der Waals surface area contributed by atoms with Crippen LogP contribution in [0.4, 0.5) is 0 Å². The van der Waals surface area contributed by atoms with E-state index in [1.807, 2.05) is 50.2 Å². The number of carbonyl (C=O) groups is 2. The Bertz CT molecular complexity index is 870. The summed E-state index contributed by atoms with van der Waals surface area (Å²) in [6.07, 6.45) is 4.16. The second kappa shape index (κ2) is 13.3. The van der Waals surface area contributed by atoms with Gasteiger partial charge in [-0.3, -0.25) is 4.79 Å². The number of aliphatic hydroxyl groups is 2. The minimum atomic E-state index is -0.374. The van der Waals surface area contributed by atoms with Crippen LogP contribution in [0.15, 0.2) is 42.5 Å². The molecule has 0 spiro atoms. The van der Waals surface area contributed by atoms with E-state index in [-0.39, 0.29) is 25.2 Å². The highest BCUT2D eigenvalue weighted by molar-refractivity contribution is 5.87. The molecule has 0 bridgehead atoms. The molecule has 0 saturated carbocycles. The highest BCUT2D eigenvalue weighted by Crippen LogP contribution is 2.14. The Morgan fingerprint density at radius 3 is 2.00 bits per heavy atom. The molecule has 0 fully saturated rings. The van der Waals surface area contributed by atoms with Gasteiger partial charge >= 0.3 is 11.9 Å². The predicted molar refractivity (Wildman–Crippen MR) is 116 cm³/mol. The summed E-state index contributed by atoms with van der Waals surface area (Å²) >= 11 is 0. The molecule has 0 unspecified atom stereocenters. The number of aryl methyl sites for hydroxylation is 3. The van der Waals surface area contributed by atoms with Gasteiger partial charge in [0.25, 0.3) is 0 Å². The first kappa shape index (κ1) is 25.1. The second-order valence-corrected chi connectivity index (χ2v) is 6.70. The Labute approximate surface area is 177 Å². The molecule has 162 valence electrons. The van der Waals surface area contributed by atoms with Gasteiger partial charge < -0.3 is 19.7 Å². The van der Waals surface area contributed by atoms with Crippen molar-refractivity contribution in [3.63, 3.8) is 0 Å². The van der Waals surface area contributed by atoms with Crippen LogP contribution in [0.25, 0.3) is 6.08 Å². The smallest absolute Gasteiger partial charge is 0.330 e. The van der Waals surface area contributed by atoms with E-state index < -0.39 is 0 Å². The van der Waals surface area contributed by atoms with Crippen molar-refractivity contribution in [2.24, 2.45) is 0 Å². The molecule has 2 rings (SSSR count). The number of hydrogen-bond donors (Lipinski definition) is 2. The van der Waals surface area contributed by atoms with Crippen LogP contribution in [0.1, 0.15) is 39.8 Å². The van der Waals surface area contributed by atoms with Crippen molar-refractivity contribution in [3.8, 4) is 0 Å². The van der Waals surface area contributed by atoms with Crippen molar-refractivity contribution >= 4 is 18.0 Å². The van der Waals surface area contributed by atoms with Gasteiger partial charge in [-0.15, -0.1) is 0 Å². The van der Waals surface area contributed by atoms with Gasteiger partial charge in [0.2, 0.25) is 0 Å². The van der Waals surface area contributed by atoms with Gasteiger partial charge in [0.15, 0.2) is 0 Å². The van der Waals surface area contributed by atoms with E-state index in [1.165, 1.54) is 20.3 Å². The third-order valence-corrected chi connectivity index (χ3v) is 4.53. The first-order chi connectivity index (χ1) is 14.3. The number of ether oxygens (including phenoxy) is 2. The molecular formula is C24H30O6. The van der Waals surface area contributed by atoms with Crippen molar-refractivity contribution < 1.29 is 29.3 Å². The van der Waals surface area contributed by atoms with Gasteiger partial charge in [-0.1, -0.05) is 36.4 Å². The Morgan fingerprint density at radius 1 is 0.900 bits per heavy atom. The monoisotopic (exact) mass is 414 g/mol. The molecule has 0 aliphatic rings. The molecule has 6 heteroatoms. The fourth-order valence-electron chi connectivity index (χ4n) is 2.72. The van der Waals surface area contributed by atoms with Gasteiger partial charge in [0, 0.05) is 12.5 Å². The summed E-state index contributed by atoms with van der Waals surface area (Å²) in [5.41, 5.74) is 5.94. The topological polar surface area (TPSA) is 93.1 Å². The largest absolute Gasteiger partial charge is 0.469 e. The van der Waals surface area contributed by atoms with Crippen molar-refractivity contribution in [1.29, 1.82) is 0 Å². The van der Waals surface area contributed by atoms with Gasteiger partial charge in [-0.25, -0.2) is 4.79 Å². The maximum atomic E-state index is 11.0. The number of methoxy groups -OCH3 is 2. The van der Waals surface area contributed by atoms with E-state index in [0.717, 1.165) is 33.4 Å². The molecule has 0 saturated heterocycles. The molecule has 2 aromatic carbocycles. The Balaban J connectivity index is 0.000000300. The molecule has 0 heterocycles. The van der Waals surface area contributed by atoms with Crippen molar-refractivity contribution in [2.45, 2.75) is 39.9 Å². The lowest BCUT2D eigenvalue weighted by Gasteiger charge is -2.06. The molecule has 0 amide bonds. The third kappa shape index (κ3) is 8.59. The molecule has 2 N–H and O–H groups in total. The van der Waals surface area contributed by atoms with Gasteiger partial charge in [-0.2, -0.15) is 0 Å². The zero-order chi connectivity index (χ0) is 22.5. The van der Waals surface area contributed by atoms with Crippen molar-refractivity contribution in [1.82, 2.24) is 0 Å². The maximum Gasteiger partial charge on any atom is 0.330 e. The molecule has 0 aromatic heterocycles. The first-order valence-corrected chi connectivity index (χ1v) is 9.57. The van der Waals surface area contributed by atoms with E-state index in [2.05, 4.69) is 9.47 Å². The second-order valence-electron chi connectivity index (χ2n) is 6.70. The lowest BCUT2D eigenvalue weighted by molar-refractivity contribution is -0.140. The van der Waals surface area contributed by atoms with Gasteiger partial charge in [0.05, 0.1) is 27.4 Å². The SMILES string of the molecule is COC(=O)C=Cc1ccc(CO)cc1C.COC(=O)CCc1ccc(CO)cc1C. The summed E-state index contributed by atoms with van der Waals surface area (Å²) in [7, 11) is 2.73. The number of hydrogen-bond acceptors (Lipinski definition) is 6. The number of aliphatic hydroxyl groups excluding tert-OH is 2. The van der Waals surface area contributed by atoms with Crippen LogP contribution in [0.5, 0.6) is 0 Å². The van der Waals surface area contributed by atoms with Crippen molar-refractivity contribution in [2.75, 3.05) is 14.2 Å². The molecule has 6 nitrogen and oxygen atoms in total. The standard InChI is InChI=1S/C12H16O3.C12H14O3/c2*1-9-7-10(8-13)3-4-11(9)5-6-12(14)15-2/h3-4,7,13H,5-6,8H2,1-2H3;3-7,13H,8H2,1-2H3. The van der Waals surface area contributed by atoms with E-state index in [4.69, 9.17) is 10.2 Å². The number of rotatable bonds is 7. The minimum absolute atomic E-state index is 0.0296. The normalized spacial score (nSPS) is 10.3. The highest BCUT2D eigenvalue weighted by Gasteiger charge is 2.04. The quantitative estimate of drug-likeness (QED) is 0.534. The van der Waals surface area contributed by atoms with Gasteiger partial charge in [-0.05, 0) is 59.7 Å². The average Bonchev–Trinajstić information content (AvgIpc) is 2.77. The fraction of sp³-hybridized carbons (Fsp3) is 0.333. The van der Waals surface area contributed by atoms with Crippen LogP contribution >= 0.6 is 0 Å². The molecule has 0 atom stereocenters. The number of esters is 2. The summed E-state index contributed by atoms with van der Waals surface area (Å²) < 4.78 is 9.07. The predicted octanol–water partition coefficient (Wildman–Crippen LogP) is 3.27. The van der Waals surface area contributed by atoms with Crippen LogP contribution in [0.3, 0.4) is 0 Å². The van der Waals surface area contributed by atoms with E-state index in [9.17, 15) is 9.59 Å². The van der Waals surface area contributed by atoms with E-state index in [1.54, 1.807) is 6.08 Å². The van der Waals surface area contributed by atoms with Crippen LogP contribution in [-0.2, 0) is 38.7 Å². The highest BCUT2D eigenvalue weighted by atomic mass is 16.5. The van der Waals surface area contributed by atoms with Crippen LogP contribution < -0.4 is 0 Å². The summed E-state index contributed by atoms with van der Waals surface area (Å²) in [5, 5.41) is 17.9. The van der Waals surface area contributed by atoms with Gasteiger partial charge in [0.1, 0.15) is 0 Å². The summed E-state index contributed by atoms with van der Waals surface area (Å²) in [6.45, 7) is 3.99. The van der Waals surface area contributed by atoms with E-state index >= 15 is 0 Å². The molecule has 2 aromatic rings. The minimum Gasteiger partial charge on any atom is -0.469 e. The zero-order valence-corrected chi connectivity index (χ0v) is 18.0. The average molecular weight is 414 g/mol. The lowest BCUT2D eigenvalue weighted by Crippen LogP contribution is -2.03. The molecule has 0 aliphatic heterocycles. The maximum absolute atomic E-state index is 11.0. The number of carbonyl (C=O) groups excluding carboxylic acids is 2. The van der Waals surface area contributed by atoms with Crippen LogP contribution in [0.2, 0.25) is 0 Å². The van der Waals surface area contributed by atoms with Crippen molar-refractivity contribution in [3.05, 3.63) is 75.9 Å². The summed E-state index contributed by atoms with van der Waals surface area (Å²) in [5.74, 6) is -0.568. The summed E-state index contributed by atoms with van der Waals surface area (Å²) in [6, 6.07) is 11.3. The molecule has 0 radical (unpaired) electrons. The van der Waals surface area contributed by atoms with Crippen LogP contribution in [-0.4, -0.2) is 36.4 Å². The lowest BCUT2D eigenvalue weighted by atomic mass is 10.0. The molecule has 30 heavy (non-hydrogen) atoms. The van der Waals surface area contributed by atoms with Crippen LogP contribution in [0, 0.1) is 13.8 Å². The Morgan fingerprint density at radius 2 is 1.50 bits per heavy atom. The molecule has 0 aliphatic carbocycles. The van der Waals surface area contributed by atoms with E-state index in [0.29, 0.717) is 12.8 Å². The number of benzene rings is 2. The molecular weight excluding hydrogens is 384 g/mol. The zero-order valence-electron chi connectivity index (χ0n) is 18.0.